The van der Waals surface area contributed by atoms with Crippen molar-refractivity contribution in [3.05, 3.63) is 110 Å². The maximum atomic E-state index is 2.70. The minimum absolute atomic E-state index is 0. The van der Waals surface area contributed by atoms with Crippen LogP contribution >= 0.6 is 0 Å². The Morgan fingerprint density at radius 2 is 0.930 bits per heavy atom. The molecule has 4 heteroatoms. The second-order valence-corrected chi connectivity index (χ2v) is 30.7. The van der Waals surface area contributed by atoms with E-state index in [0.717, 1.165) is 0 Å². The van der Waals surface area contributed by atoms with E-state index in [4.69, 9.17) is 0 Å². The van der Waals surface area contributed by atoms with E-state index in [1.54, 1.807) is 49.7 Å². The van der Waals surface area contributed by atoms with E-state index in [-0.39, 0.29) is 35.6 Å². The molecule has 2 aliphatic rings. The van der Waals surface area contributed by atoms with Crippen molar-refractivity contribution in [3.63, 3.8) is 0 Å². The summed E-state index contributed by atoms with van der Waals surface area (Å²) < 4.78 is 1.23. The number of hydrogen-bond acceptors (Lipinski definition) is 0. The topological polar surface area (TPSA) is 0 Å². The molecular formula is C39H50Cl2SiZr. The Labute approximate surface area is 282 Å². The van der Waals surface area contributed by atoms with Gasteiger partial charge in [-0.2, -0.15) is 0 Å². The maximum absolute atomic E-state index is 2.70. The van der Waals surface area contributed by atoms with Crippen molar-refractivity contribution in [3.8, 4) is 0 Å². The van der Waals surface area contributed by atoms with Crippen LogP contribution in [-0.4, -0.2) is 5.43 Å². The molecule has 0 amide bonds. The van der Waals surface area contributed by atoms with Crippen molar-refractivity contribution >= 4 is 21.8 Å². The Hall–Kier alpha value is -1.18. The summed E-state index contributed by atoms with van der Waals surface area (Å²) >= 11 is -2.40. The average Bonchev–Trinajstić information content (AvgIpc) is 3.31. The Morgan fingerprint density at radius 3 is 1.28 bits per heavy atom. The summed E-state index contributed by atoms with van der Waals surface area (Å²) in [5, 5.41) is 1.64. The molecule has 0 saturated heterocycles. The summed E-state index contributed by atoms with van der Waals surface area (Å²) in [7, 11) is 0. The quantitative estimate of drug-likeness (QED) is 0.353. The van der Waals surface area contributed by atoms with Crippen LogP contribution in [0.1, 0.15) is 121 Å². The van der Waals surface area contributed by atoms with E-state index in [2.05, 4.69) is 144 Å². The van der Waals surface area contributed by atoms with Crippen LogP contribution in [0.25, 0.3) is 11.1 Å². The summed E-state index contributed by atoms with van der Waals surface area (Å²) in [6.45, 7) is 31.8. The first-order valence-electron chi connectivity index (χ1n) is 15.5. The van der Waals surface area contributed by atoms with Gasteiger partial charge < -0.3 is 24.8 Å². The molecule has 0 saturated carbocycles. The maximum Gasteiger partial charge on any atom is -1.00 e. The molecule has 0 radical (unpaired) electrons. The third kappa shape index (κ3) is 6.05. The van der Waals surface area contributed by atoms with Gasteiger partial charge in [0.05, 0.1) is 0 Å². The second-order valence-electron chi connectivity index (χ2n) is 14.9. The summed E-state index contributed by atoms with van der Waals surface area (Å²) in [4.78, 5) is 0. The summed E-state index contributed by atoms with van der Waals surface area (Å²) in [5.41, 5.74) is 18.6. The van der Waals surface area contributed by atoms with Gasteiger partial charge in [-0.1, -0.05) is 0 Å². The van der Waals surface area contributed by atoms with E-state index in [0.29, 0.717) is 7.25 Å². The fourth-order valence-electron chi connectivity index (χ4n) is 7.74. The van der Waals surface area contributed by atoms with Crippen LogP contribution in [0.4, 0.5) is 0 Å². The van der Waals surface area contributed by atoms with Gasteiger partial charge in [-0.15, -0.1) is 0 Å². The minimum atomic E-state index is -2.40. The molecule has 2 unspecified atom stereocenters. The molecule has 0 aromatic heterocycles. The van der Waals surface area contributed by atoms with Gasteiger partial charge in [0.1, 0.15) is 0 Å². The molecule has 0 aliphatic heterocycles. The fraction of sp³-hybridized carbons (Fsp3) is 0.436. The smallest absolute Gasteiger partial charge is 1.00 e. The number of aryl methyl sites for hydroxylation is 2. The SMILES string of the molecule is CC1=C(C)[CH]([Zr+2]([CH]2C(C)=C(C)c3c(C(C)(C)C)ccc(C)c32)=[Si](C)c2ccccc2)c2c(C)ccc(C(C)(C)C)c21.[Cl-].[Cl-]. The molecule has 0 N–H and O–H groups in total. The molecule has 3 aromatic rings. The first-order valence-corrected chi connectivity index (χ1v) is 24.0. The zero-order valence-electron chi connectivity index (χ0n) is 28.6. The summed E-state index contributed by atoms with van der Waals surface area (Å²) in [6.07, 6.45) is 0. The summed E-state index contributed by atoms with van der Waals surface area (Å²) in [5.74, 6) is 0. The molecule has 43 heavy (non-hydrogen) atoms. The van der Waals surface area contributed by atoms with Crippen LogP contribution in [-0.2, 0) is 31.2 Å². The predicted molar refractivity (Wildman–Crippen MR) is 179 cm³/mol. The molecule has 0 fully saturated rings. The average molecular weight is 709 g/mol. The van der Waals surface area contributed by atoms with Crippen LogP contribution in [0.15, 0.2) is 65.7 Å². The number of hydrogen-bond donors (Lipinski definition) is 0. The molecular weight excluding hydrogens is 659 g/mol. The van der Waals surface area contributed by atoms with Gasteiger partial charge >= 0.3 is 260 Å². The fourth-order valence-corrected chi connectivity index (χ4v) is 31.5. The van der Waals surface area contributed by atoms with Crippen molar-refractivity contribution in [1.82, 2.24) is 0 Å². The molecule has 3 aromatic carbocycles. The molecule has 228 valence electrons. The minimum Gasteiger partial charge on any atom is -1.00 e. The van der Waals surface area contributed by atoms with Crippen LogP contribution in [0.3, 0.4) is 0 Å². The molecule has 2 aliphatic carbocycles. The van der Waals surface area contributed by atoms with Gasteiger partial charge in [0.2, 0.25) is 0 Å². The van der Waals surface area contributed by atoms with Gasteiger partial charge in [-0.05, 0) is 0 Å². The molecule has 2 atom stereocenters. The van der Waals surface area contributed by atoms with E-state index < -0.39 is 25.8 Å². The normalized spacial score (nSPS) is 17.6. The summed E-state index contributed by atoms with van der Waals surface area (Å²) in [6, 6.07) is 21.4. The Kier molecular flexibility index (Phi) is 10.9. The first kappa shape index (κ1) is 36.3. The van der Waals surface area contributed by atoms with Crippen LogP contribution in [0, 0.1) is 13.8 Å². The molecule has 0 bridgehead atoms. The zero-order chi connectivity index (χ0) is 30.2. The van der Waals surface area contributed by atoms with Gasteiger partial charge in [-0.25, -0.2) is 0 Å². The number of benzene rings is 3. The molecule has 0 nitrogen and oxygen atoms in total. The first-order chi connectivity index (χ1) is 19.1. The van der Waals surface area contributed by atoms with Gasteiger partial charge in [0.15, 0.2) is 0 Å². The third-order valence-corrected chi connectivity index (χ3v) is 30.8. The largest absolute Gasteiger partial charge is 1.00 e. The van der Waals surface area contributed by atoms with Crippen molar-refractivity contribution in [1.29, 1.82) is 0 Å². The molecule has 5 rings (SSSR count). The number of fused-ring (bicyclic) bond motifs is 2. The van der Waals surface area contributed by atoms with Crippen LogP contribution in [0.2, 0.25) is 6.55 Å². The van der Waals surface area contributed by atoms with E-state index in [9.17, 15) is 0 Å². The van der Waals surface area contributed by atoms with Gasteiger partial charge in [-0.3, -0.25) is 0 Å². The third-order valence-electron chi connectivity index (χ3n) is 10.2. The number of allylic oxidation sites excluding steroid dienone is 4. The number of halogens is 2. The van der Waals surface area contributed by atoms with Crippen molar-refractivity contribution in [2.24, 2.45) is 0 Å². The van der Waals surface area contributed by atoms with E-state index in [1.807, 2.05) is 0 Å². The Morgan fingerprint density at radius 1 is 0.558 bits per heavy atom. The van der Waals surface area contributed by atoms with Gasteiger partial charge in [0.25, 0.3) is 0 Å². The second kappa shape index (κ2) is 12.9. The van der Waals surface area contributed by atoms with Gasteiger partial charge in [0, 0.05) is 0 Å². The Balaban J connectivity index is 0.00000253. The Bertz CT molecular complexity index is 1560. The number of rotatable bonds is 3. The van der Waals surface area contributed by atoms with Crippen LogP contribution in [0.5, 0.6) is 0 Å². The van der Waals surface area contributed by atoms with Crippen molar-refractivity contribution in [2.75, 3.05) is 0 Å². The van der Waals surface area contributed by atoms with Crippen molar-refractivity contribution < 1.29 is 45.2 Å². The monoisotopic (exact) mass is 706 g/mol. The molecule has 0 spiro atoms. The van der Waals surface area contributed by atoms with Crippen LogP contribution < -0.4 is 30.0 Å². The zero-order valence-corrected chi connectivity index (χ0v) is 33.6. The standard InChI is InChI=1S/2C16H21.C7H8Si.2ClH.Zr/c2*1-10-7-8-14(16(4,5)6)15-12(3)11(2)9-13(10)15;1-8-7-5-3-2-4-6-7;;;/h2*7-9H,1-6H3;2-6H,1H3;2*1H;/q;;;;;+2/p-2. The van der Waals surface area contributed by atoms with E-state index >= 15 is 0 Å². The van der Waals surface area contributed by atoms with E-state index in [1.165, 1.54) is 22.3 Å². The van der Waals surface area contributed by atoms with Crippen molar-refractivity contribution in [2.45, 2.75) is 108 Å². The predicted octanol–water partition coefficient (Wildman–Crippen LogP) is 4.45. The molecule has 0 heterocycles.